The maximum absolute atomic E-state index is 13.8. The Morgan fingerprint density at radius 1 is 0.851 bits per heavy atom. The van der Waals surface area contributed by atoms with Crippen molar-refractivity contribution in [1.82, 2.24) is 31.5 Å². The molecular formula is C30H54N10O7. The van der Waals surface area contributed by atoms with Crippen molar-refractivity contribution in [3.05, 3.63) is 0 Å². The van der Waals surface area contributed by atoms with Gasteiger partial charge in [-0.25, -0.2) is 0 Å². The second-order valence-corrected chi connectivity index (χ2v) is 11.7. The summed E-state index contributed by atoms with van der Waals surface area (Å²) in [6.45, 7) is 9.30. The molecule has 0 aromatic rings. The number of nitrogens with zero attached hydrogens (tertiary/aromatic N) is 2. The van der Waals surface area contributed by atoms with Gasteiger partial charge in [-0.1, -0.05) is 33.6 Å². The van der Waals surface area contributed by atoms with Gasteiger partial charge >= 0.3 is 0 Å². The summed E-state index contributed by atoms with van der Waals surface area (Å²) < 4.78 is 0. The number of hydrogen-bond donors (Lipinski definition) is 8. The van der Waals surface area contributed by atoms with E-state index < -0.39 is 78.0 Å². The number of nitrogens with two attached hydrogens (primary N) is 3. The first-order valence-electron chi connectivity index (χ1n) is 16.3. The van der Waals surface area contributed by atoms with Gasteiger partial charge in [-0.05, 0) is 44.9 Å². The lowest BCUT2D eigenvalue weighted by molar-refractivity contribution is -0.142. The van der Waals surface area contributed by atoms with Gasteiger partial charge in [-0.3, -0.25) is 38.6 Å². The fourth-order valence-electron chi connectivity index (χ4n) is 5.26. The zero-order valence-corrected chi connectivity index (χ0v) is 28.2. The van der Waals surface area contributed by atoms with Crippen LogP contribution >= 0.6 is 0 Å². The average molecular weight is 667 g/mol. The van der Waals surface area contributed by atoms with E-state index in [1.165, 1.54) is 11.8 Å². The molecule has 7 amide bonds. The molecule has 11 N–H and O–H groups in total. The molecule has 0 aromatic carbocycles. The molecule has 17 nitrogen and oxygen atoms in total. The number of likely N-dealkylation sites (tertiary alicyclic amines) is 1. The van der Waals surface area contributed by atoms with Crippen molar-refractivity contribution < 1.29 is 33.6 Å². The highest BCUT2D eigenvalue weighted by Gasteiger charge is 2.39. The normalized spacial score (nSPS) is 17.2. The Morgan fingerprint density at radius 3 is 2.04 bits per heavy atom. The lowest BCUT2D eigenvalue weighted by atomic mass is 9.96. The van der Waals surface area contributed by atoms with E-state index in [0.717, 1.165) is 0 Å². The van der Waals surface area contributed by atoms with Crippen molar-refractivity contribution >= 4 is 47.3 Å². The van der Waals surface area contributed by atoms with Gasteiger partial charge in [-0.15, -0.1) is 0 Å². The molecule has 0 saturated carbocycles. The van der Waals surface area contributed by atoms with Gasteiger partial charge in [0.2, 0.25) is 41.4 Å². The number of aliphatic imine (C=N–C) groups is 1. The molecule has 1 rings (SSSR count). The molecule has 266 valence electrons. The van der Waals surface area contributed by atoms with E-state index in [1.54, 1.807) is 13.8 Å². The molecule has 47 heavy (non-hydrogen) atoms. The molecule has 0 spiro atoms. The molecule has 0 aromatic heterocycles. The van der Waals surface area contributed by atoms with E-state index in [2.05, 4.69) is 31.6 Å². The number of amides is 7. The first-order chi connectivity index (χ1) is 22.2. The van der Waals surface area contributed by atoms with Crippen LogP contribution < -0.4 is 43.8 Å². The van der Waals surface area contributed by atoms with Gasteiger partial charge in [0.1, 0.15) is 30.2 Å². The predicted molar refractivity (Wildman–Crippen MR) is 175 cm³/mol. The minimum Gasteiger partial charge on any atom is -0.370 e. The fraction of sp³-hybridized carbons (Fsp3) is 0.733. The Hall–Kier alpha value is -4.44. The molecule has 1 aliphatic heterocycles. The molecule has 0 radical (unpaired) electrons. The van der Waals surface area contributed by atoms with Crippen molar-refractivity contribution in [2.75, 3.05) is 19.6 Å². The first kappa shape index (κ1) is 40.6. The average Bonchev–Trinajstić information content (AvgIpc) is 3.49. The van der Waals surface area contributed by atoms with Crippen LogP contribution in [0.15, 0.2) is 4.99 Å². The van der Waals surface area contributed by atoms with Crippen LogP contribution in [-0.4, -0.2) is 102 Å². The van der Waals surface area contributed by atoms with Gasteiger partial charge in [0, 0.05) is 26.6 Å². The van der Waals surface area contributed by atoms with Crippen LogP contribution in [0.1, 0.15) is 86.0 Å². The van der Waals surface area contributed by atoms with Crippen LogP contribution in [0.4, 0.5) is 0 Å². The zero-order valence-electron chi connectivity index (χ0n) is 28.2. The Morgan fingerprint density at radius 2 is 1.49 bits per heavy atom. The van der Waals surface area contributed by atoms with Crippen molar-refractivity contribution in [3.63, 3.8) is 0 Å². The Balaban J connectivity index is 3.27. The molecule has 0 bridgehead atoms. The zero-order chi connectivity index (χ0) is 35.7. The summed E-state index contributed by atoms with van der Waals surface area (Å²) in [6.07, 6.45) is 2.28. The van der Waals surface area contributed by atoms with E-state index >= 15 is 0 Å². The molecule has 6 atom stereocenters. The molecule has 0 aliphatic carbocycles. The number of guanidine groups is 1. The maximum atomic E-state index is 13.8. The monoisotopic (exact) mass is 666 g/mol. The summed E-state index contributed by atoms with van der Waals surface area (Å²) in [7, 11) is 0. The molecule has 1 fully saturated rings. The molecule has 17 heteroatoms. The second-order valence-electron chi connectivity index (χ2n) is 11.7. The topological polar surface area (TPSA) is 273 Å². The molecule has 0 unspecified atom stereocenters. The van der Waals surface area contributed by atoms with Crippen molar-refractivity contribution in [3.8, 4) is 0 Å². The number of carbonyl (C=O) groups is 7. The van der Waals surface area contributed by atoms with Crippen LogP contribution in [0.3, 0.4) is 0 Å². The second kappa shape index (κ2) is 20.6. The van der Waals surface area contributed by atoms with E-state index in [-0.39, 0.29) is 31.3 Å². The van der Waals surface area contributed by atoms with Gasteiger partial charge in [0.15, 0.2) is 5.96 Å². The highest BCUT2D eigenvalue weighted by Crippen LogP contribution is 2.20. The van der Waals surface area contributed by atoms with Crippen LogP contribution in [0.2, 0.25) is 0 Å². The summed E-state index contributed by atoms with van der Waals surface area (Å²) in [5, 5.41) is 13.1. The van der Waals surface area contributed by atoms with Crippen molar-refractivity contribution in [2.24, 2.45) is 28.1 Å². The van der Waals surface area contributed by atoms with Crippen LogP contribution in [0, 0.1) is 5.92 Å². The third kappa shape index (κ3) is 13.8. The summed E-state index contributed by atoms with van der Waals surface area (Å²) in [5.41, 5.74) is 16.2. The minimum atomic E-state index is -1.44. The van der Waals surface area contributed by atoms with Crippen LogP contribution in [-0.2, 0) is 33.6 Å². The third-order valence-electron chi connectivity index (χ3n) is 7.85. The van der Waals surface area contributed by atoms with E-state index in [9.17, 15) is 33.6 Å². The number of nitrogens with one attached hydrogen (secondary N) is 5. The first-order valence-corrected chi connectivity index (χ1v) is 16.3. The largest absolute Gasteiger partial charge is 0.370 e. The third-order valence-corrected chi connectivity index (χ3v) is 7.85. The van der Waals surface area contributed by atoms with Crippen molar-refractivity contribution in [2.45, 2.75) is 116 Å². The fourth-order valence-corrected chi connectivity index (χ4v) is 5.26. The Labute approximate surface area is 276 Å². The summed E-state index contributed by atoms with van der Waals surface area (Å²) >= 11 is 0. The van der Waals surface area contributed by atoms with Gasteiger partial charge in [0.25, 0.3) is 0 Å². The predicted octanol–water partition coefficient (Wildman–Crippen LogP) is -2.15. The minimum absolute atomic E-state index is 0.122. The van der Waals surface area contributed by atoms with E-state index in [4.69, 9.17) is 17.2 Å². The number of rotatable bonds is 20. The summed E-state index contributed by atoms with van der Waals surface area (Å²) in [6, 6.07) is -5.31. The number of likely N-dealkylation sites (N-methyl/N-ethyl adjacent to an activating group) is 1. The van der Waals surface area contributed by atoms with Gasteiger partial charge < -0.3 is 48.7 Å². The molecule has 1 heterocycles. The van der Waals surface area contributed by atoms with Crippen molar-refractivity contribution in [1.29, 1.82) is 0 Å². The maximum Gasteiger partial charge on any atom is 0.245 e. The molecular weight excluding hydrogens is 612 g/mol. The summed E-state index contributed by atoms with van der Waals surface area (Å²) in [4.78, 5) is 95.6. The highest BCUT2D eigenvalue weighted by atomic mass is 16.2. The number of carbonyl (C=O) groups excluding carboxylic acids is 7. The lowest BCUT2D eigenvalue weighted by Crippen LogP contribution is -2.60. The Kier molecular flexibility index (Phi) is 17.8. The van der Waals surface area contributed by atoms with E-state index in [1.807, 2.05) is 13.8 Å². The lowest BCUT2D eigenvalue weighted by Gasteiger charge is -2.31. The van der Waals surface area contributed by atoms with Crippen LogP contribution in [0.25, 0.3) is 0 Å². The number of hydrogen-bond acceptors (Lipinski definition) is 8. The van der Waals surface area contributed by atoms with Gasteiger partial charge in [-0.2, -0.15) is 0 Å². The molecule has 1 aliphatic rings. The molecule has 1 saturated heterocycles. The van der Waals surface area contributed by atoms with E-state index in [0.29, 0.717) is 45.2 Å². The Bertz CT molecular complexity index is 1140. The summed E-state index contributed by atoms with van der Waals surface area (Å²) in [5.74, 6) is -4.83. The number of primary amides is 1. The SMILES string of the molecule is CCC[C@@H](NC(C)=O)C(=O)N[C@@H](CC(N)=O)C(=O)N[C@H](C(=O)N[C@@H](CCCN=C(N)N)C(=O)N1CCC[C@H]1C(=O)NCC)[C@@H](C)CC. The smallest absolute Gasteiger partial charge is 0.245 e. The standard InChI is InChI=1S/C30H54N10O7/c1-6-11-19(36-18(5)41)25(43)38-21(16-23(31)42)26(44)39-24(17(4)7-2)28(46)37-20(12-9-14-35-30(32)33)29(47)40-15-10-13-22(40)27(45)34-8-3/h17,19-22,24H,6-16H2,1-5H3,(H2,31,42)(H,34,45)(H,36,41)(H,37,46)(H,38,43)(H,39,44)(H4,32,33,35)/t17-,19+,20-,21-,22-,24-/m0/s1. The quantitative estimate of drug-likeness (QED) is 0.0399. The highest BCUT2D eigenvalue weighted by molar-refractivity contribution is 5.98. The van der Waals surface area contributed by atoms with Crippen LogP contribution in [0.5, 0.6) is 0 Å². The van der Waals surface area contributed by atoms with Gasteiger partial charge in [0.05, 0.1) is 6.42 Å².